The summed E-state index contributed by atoms with van der Waals surface area (Å²) in [5.74, 6) is 0. The molecule has 0 amide bonds. The minimum absolute atomic E-state index is 0.662. The molecule has 16 heavy (non-hydrogen) atoms. The summed E-state index contributed by atoms with van der Waals surface area (Å²) >= 11 is 1.41. The molecule has 1 heterocycles. The van der Waals surface area contributed by atoms with Crippen LogP contribution in [0.3, 0.4) is 0 Å². The van der Waals surface area contributed by atoms with Crippen LogP contribution in [-0.4, -0.2) is 16.3 Å². The number of aliphatic hydroxyl groups is 2. The van der Waals surface area contributed by atoms with Gasteiger partial charge in [0.15, 0.2) is 6.10 Å². The van der Waals surface area contributed by atoms with Gasteiger partial charge in [0.1, 0.15) is 6.10 Å². The van der Waals surface area contributed by atoms with Gasteiger partial charge in [0.2, 0.25) is 0 Å². The monoisotopic (exact) mass is 233 g/mol. The first-order chi connectivity index (χ1) is 7.65. The largest absolute Gasteiger partial charge is 0.384 e. The van der Waals surface area contributed by atoms with E-state index in [0.717, 1.165) is 15.6 Å². The zero-order valence-electron chi connectivity index (χ0n) is 8.71. The predicted molar refractivity (Wildman–Crippen MR) is 63.1 cm³/mol. The average molecular weight is 233 g/mol. The smallest absolute Gasteiger partial charge is 0.171 e. The van der Waals surface area contributed by atoms with Crippen molar-refractivity contribution in [2.45, 2.75) is 19.1 Å². The summed E-state index contributed by atoms with van der Waals surface area (Å²) in [5.41, 5.74) is 0.933. The molecule has 0 spiro atoms. The van der Waals surface area contributed by atoms with E-state index in [9.17, 15) is 10.2 Å². The lowest BCUT2D eigenvalue weighted by Crippen LogP contribution is -2.15. The van der Waals surface area contributed by atoms with Crippen LogP contribution in [0.1, 0.15) is 16.5 Å². The summed E-state index contributed by atoms with van der Waals surface area (Å²) in [6.07, 6.45) is -2.49. The second kappa shape index (κ2) is 4.22. The van der Waals surface area contributed by atoms with E-state index in [-0.39, 0.29) is 0 Å². The zero-order valence-corrected chi connectivity index (χ0v) is 9.53. The number of nitrogens with zero attached hydrogens (tertiary/aromatic N) is 1. The van der Waals surface area contributed by atoms with Gasteiger partial charge in [-0.3, -0.25) is 0 Å². The normalized spacial score (nSPS) is 14.6. The molecule has 0 aliphatic rings. The molecule has 0 bridgehead atoms. The SMILES string of the molecule is Cc1c(C(O)C(O)C#N)sc2ccccc12. The van der Waals surface area contributed by atoms with Crippen molar-refractivity contribution in [2.75, 3.05) is 0 Å². The number of benzene rings is 1. The lowest BCUT2D eigenvalue weighted by molar-refractivity contribution is 0.0549. The highest BCUT2D eigenvalue weighted by molar-refractivity contribution is 7.19. The molecule has 2 aromatic rings. The molecule has 0 fully saturated rings. The van der Waals surface area contributed by atoms with Crippen molar-refractivity contribution < 1.29 is 10.2 Å². The maximum absolute atomic E-state index is 9.81. The summed E-state index contributed by atoms with van der Waals surface area (Å²) in [6.45, 7) is 1.89. The molecule has 0 radical (unpaired) electrons. The fourth-order valence-corrected chi connectivity index (χ4v) is 2.92. The second-order valence-electron chi connectivity index (χ2n) is 3.61. The van der Waals surface area contributed by atoms with Crippen LogP contribution in [0, 0.1) is 18.3 Å². The quantitative estimate of drug-likeness (QED) is 0.781. The first-order valence-electron chi connectivity index (χ1n) is 4.89. The van der Waals surface area contributed by atoms with Gasteiger partial charge in [-0.15, -0.1) is 11.3 Å². The van der Waals surface area contributed by atoms with Gasteiger partial charge in [-0.05, 0) is 23.9 Å². The lowest BCUT2D eigenvalue weighted by atomic mass is 10.1. The molecule has 4 heteroatoms. The topological polar surface area (TPSA) is 64.2 Å². The fraction of sp³-hybridized carbons (Fsp3) is 0.250. The third-order valence-electron chi connectivity index (χ3n) is 2.58. The van der Waals surface area contributed by atoms with Gasteiger partial charge in [-0.25, -0.2) is 0 Å². The molecule has 1 aromatic heterocycles. The average Bonchev–Trinajstić information content (AvgIpc) is 2.65. The van der Waals surface area contributed by atoms with E-state index in [1.807, 2.05) is 31.2 Å². The van der Waals surface area contributed by atoms with E-state index in [0.29, 0.717) is 4.88 Å². The number of rotatable bonds is 2. The number of hydrogen-bond donors (Lipinski definition) is 2. The summed E-state index contributed by atoms with van der Waals surface area (Å²) in [4.78, 5) is 0.662. The highest BCUT2D eigenvalue weighted by Crippen LogP contribution is 2.35. The Balaban J connectivity index is 2.54. The van der Waals surface area contributed by atoms with Crippen LogP contribution >= 0.6 is 11.3 Å². The Morgan fingerprint density at radius 2 is 2.00 bits per heavy atom. The number of nitriles is 1. The van der Waals surface area contributed by atoms with E-state index in [1.54, 1.807) is 6.07 Å². The van der Waals surface area contributed by atoms with E-state index in [2.05, 4.69) is 0 Å². The van der Waals surface area contributed by atoms with Crippen LogP contribution in [0.5, 0.6) is 0 Å². The Hall–Kier alpha value is -1.41. The number of fused-ring (bicyclic) bond motifs is 1. The fourth-order valence-electron chi connectivity index (χ4n) is 1.69. The van der Waals surface area contributed by atoms with Crippen molar-refractivity contribution >= 4 is 21.4 Å². The summed E-state index contributed by atoms with van der Waals surface area (Å²) in [7, 11) is 0. The molecule has 2 rings (SSSR count). The molecule has 82 valence electrons. The van der Waals surface area contributed by atoms with Crippen molar-refractivity contribution in [1.82, 2.24) is 0 Å². The minimum atomic E-state index is -1.37. The van der Waals surface area contributed by atoms with Crippen molar-refractivity contribution in [3.05, 3.63) is 34.7 Å². The molecule has 0 aliphatic heterocycles. The summed E-state index contributed by atoms with van der Waals surface area (Å²) in [6, 6.07) is 9.43. The van der Waals surface area contributed by atoms with Crippen LogP contribution in [0.15, 0.2) is 24.3 Å². The predicted octanol–water partition coefficient (Wildman–Crippen LogP) is 2.13. The van der Waals surface area contributed by atoms with Crippen molar-refractivity contribution in [2.24, 2.45) is 0 Å². The molecule has 0 aliphatic carbocycles. The van der Waals surface area contributed by atoms with Crippen LogP contribution in [0.2, 0.25) is 0 Å². The molecule has 0 saturated heterocycles. The molecule has 2 unspecified atom stereocenters. The Labute approximate surface area is 97.2 Å². The van der Waals surface area contributed by atoms with E-state index >= 15 is 0 Å². The first-order valence-corrected chi connectivity index (χ1v) is 5.70. The minimum Gasteiger partial charge on any atom is -0.384 e. The molecule has 0 saturated carbocycles. The van der Waals surface area contributed by atoms with Gasteiger partial charge in [0.25, 0.3) is 0 Å². The molecule has 2 atom stereocenters. The Morgan fingerprint density at radius 1 is 1.31 bits per heavy atom. The summed E-state index contributed by atoms with van der Waals surface area (Å²) < 4.78 is 1.05. The number of aryl methyl sites for hydroxylation is 1. The van der Waals surface area contributed by atoms with Crippen molar-refractivity contribution in [3.63, 3.8) is 0 Å². The molecule has 2 N–H and O–H groups in total. The third-order valence-corrected chi connectivity index (χ3v) is 3.92. The Morgan fingerprint density at radius 3 is 2.62 bits per heavy atom. The molecular formula is C12H11NO2S. The van der Waals surface area contributed by atoms with Crippen molar-refractivity contribution in [3.8, 4) is 6.07 Å². The van der Waals surface area contributed by atoms with Gasteiger partial charge in [0.05, 0.1) is 6.07 Å². The number of thiophene rings is 1. The lowest BCUT2D eigenvalue weighted by Gasteiger charge is -2.10. The standard InChI is InChI=1S/C12H11NO2S/c1-7-8-4-2-3-5-10(8)16-12(7)11(15)9(14)6-13/h2-5,9,11,14-15H,1H3. The van der Waals surface area contributed by atoms with E-state index < -0.39 is 12.2 Å². The van der Waals surface area contributed by atoms with Crippen LogP contribution in [0.4, 0.5) is 0 Å². The van der Waals surface area contributed by atoms with Gasteiger partial charge in [0, 0.05) is 9.58 Å². The number of aliphatic hydroxyl groups excluding tert-OH is 2. The van der Waals surface area contributed by atoms with Gasteiger partial charge in [-0.1, -0.05) is 18.2 Å². The van der Waals surface area contributed by atoms with Gasteiger partial charge in [-0.2, -0.15) is 5.26 Å². The number of hydrogen-bond acceptors (Lipinski definition) is 4. The molecule has 3 nitrogen and oxygen atoms in total. The van der Waals surface area contributed by atoms with Crippen LogP contribution in [-0.2, 0) is 0 Å². The maximum atomic E-state index is 9.81. The molecular weight excluding hydrogens is 222 g/mol. The maximum Gasteiger partial charge on any atom is 0.171 e. The Bertz CT molecular complexity index is 556. The van der Waals surface area contributed by atoms with Crippen LogP contribution in [0.25, 0.3) is 10.1 Å². The van der Waals surface area contributed by atoms with Crippen molar-refractivity contribution in [1.29, 1.82) is 5.26 Å². The third kappa shape index (κ3) is 1.69. The second-order valence-corrected chi connectivity index (χ2v) is 4.69. The Kier molecular flexibility index (Phi) is 2.92. The van der Waals surface area contributed by atoms with Gasteiger partial charge >= 0.3 is 0 Å². The first kappa shape index (κ1) is 11.1. The van der Waals surface area contributed by atoms with E-state index in [4.69, 9.17) is 5.26 Å². The highest BCUT2D eigenvalue weighted by Gasteiger charge is 2.22. The van der Waals surface area contributed by atoms with Gasteiger partial charge < -0.3 is 10.2 Å². The van der Waals surface area contributed by atoms with Crippen LogP contribution < -0.4 is 0 Å². The summed E-state index contributed by atoms with van der Waals surface area (Å²) in [5, 5.41) is 28.8. The van der Waals surface area contributed by atoms with E-state index in [1.165, 1.54) is 11.3 Å². The zero-order chi connectivity index (χ0) is 11.7. The highest BCUT2D eigenvalue weighted by atomic mass is 32.1. The molecule has 1 aromatic carbocycles.